The number of hydrogen-bond donors (Lipinski definition) is 3. The van der Waals surface area contributed by atoms with Gasteiger partial charge in [-0.15, -0.1) is 0 Å². The Balaban J connectivity index is 1.52. The number of rotatable bonds is 6. The molecule has 3 atom stereocenters. The first-order valence-corrected chi connectivity index (χ1v) is 11.9. The molecule has 1 fully saturated rings. The van der Waals surface area contributed by atoms with Crippen molar-refractivity contribution in [1.82, 2.24) is 14.5 Å². The number of aliphatic hydroxyl groups is 1. The molecule has 0 bridgehead atoms. The van der Waals surface area contributed by atoms with Gasteiger partial charge in [-0.1, -0.05) is 24.3 Å². The highest BCUT2D eigenvalue weighted by molar-refractivity contribution is 7.84. The number of aliphatic hydroxyl groups excluding tert-OH is 1. The van der Waals surface area contributed by atoms with E-state index in [1.807, 2.05) is 22.9 Å². The Morgan fingerprint density at radius 2 is 2.10 bits per heavy atom. The molecule has 5 rings (SSSR count). The summed E-state index contributed by atoms with van der Waals surface area (Å²) in [5, 5.41) is 20.2. The van der Waals surface area contributed by atoms with E-state index in [4.69, 9.17) is 9.32 Å². The average Bonchev–Trinajstić information content (AvgIpc) is 3.44. The number of nitrogens with zero attached hydrogens (tertiary/aromatic N) is 3. The standard InChI is InChI=1S/C21H25N5O4S/c22-31(28,29)30-12-21(10-3-6-18(21)27)26-11-9-16-19(23-13-24-20(16)26)25-17-8-7-14-4-1-2-5-15(14)17/h1-2,4-5,9,11,13,17-18,27H,3,6-8,10,12H2,(H2,22,28,29)(H,23,24,25)/t17-,18+,21+/m0/s1. The number of hydrogen-bond acceptors (Lipinski definition) is 7. The predicted molar refractivity (Wildman–Crippen MR) is 116 cm³/mol. The van der Waals surface area contributed by atoms with E-state index in [-0.39, 0.29) is 12.6 Å². The lowest BCUT2D eigenvalue weighted by molar-refractivity contribution is 0.0281. The Bertz CT molecular complexity index is 1230. The number of aryl methyl sites for hydroxylation is 1. The third-order valence-electron chi connectivity index (χ3n) is 6.59. The second kappa shape index (κ2) is 7.56. The van der Waals surface area contributed by atoms with Gasteiger partial charge in [-0.2, -0.15) is 8.42 Å². The summed E-state index contributed by atoms with van der Waals surface area (Å²) in [6.45, 7) is -0.250. The topological polar surface area (TPSA) is 132 Å². The first-order chi connectivity index (χ1) is 14.9. The fraction of sp³-hybridized carbons (Fsp3) is 0.429. The zero-order chi connectivity index (χ0) is 21.6. The Morgan fingerprint density at radius 3 is 2.87 bits per heavy atom. The lowest BCUT2D eigenvalue weighted by atomic mass is 9.96. The summed E-state index contributed by atoms with van der Waals surface area (Å²) in [4.78, 5) is 8.92. The Hall–Kier alpha value is -2.53. The molecule has 0 amide bonds. The normalized spacial score (nSPS) is 25.7. The molecule has 0 spiro atoms. The minimum absolute atomic E-state index is 0.161. The van der Waals surface area contributed by atoms with Gasteiger partial charge in [0.05, 0.1) is 29.7 Å². The minimum Gasteiger partial charge on any atom is -0.391 e. The third kappa shape index (κ3) is 3.59. The molecule has 2 aliphatic rings. The van der Waals surface area contributed by atoms with Crippen LogP contribution >= 0.6 is 0 Å². The van der Waals surface area contributed by atoms with Gasteiger partial charge in [0.15, 0.2) is 0 Å². The zero-order valence-corrected chi connectivity index (χ0v) is 17.8. The maximum atomic E-state index is 11.4. The second-order valence-electron chi connectivity index (χ2n) is 8.35. The largest absolute Gasteiger partial charge is 0.391 e. The molecule has 2 aromatic heterocycles. The first-order valence-electron chi connectivity index (χ1n) is 10.4. The molecule has 0 aliphatic heterocycles. The molecule has 2 heterocycles. The zero-order valence-electron chi connectivity index (χ0n) is 16.9. The van der Waals surface area contributed by atoms with Crippen LogP contribution in [0.25, 0.3) is 11.0 Å². The summed E-state index contributed by atoms with van der Waals surface area (Å²) >= 11 is 0. The van der Waals surface area contributed by atoms with Gasteiger partial charge in [0.25, 0.3) is 0 Å². The lowest BCUT2D eigenvalue weighted by Gasteiger charge is -2.34. The van der Waals surface area contributed by atoms with Crippen molar-refractivity contribution in [2.24, 2.45) is 5.14 Å². The number of benzene rings is 1. The Kier molecular flexibility index (Phi) is 4.97. The van der Waals surface area contributed by atoms with E-state index >= 15 is 0 Å². The number of nitrogens with one attached hydrogen (secondary N) is 1. The quantitative estimate of drug-likeness (QED) is 0.531. The molecule has 1 saturated carbocycles. The maximum absolute atomic E-state index is 11.4. The highest BCUT2D eigenvalue weighted by Gasteiger charge is 2.46. The van der Waals surface area contributed by atoms with Crippen LogP contribution in [0, 0.1) is 0 Å². The van der Waals surface area contributed by atoms with Gasteiger partial charge in [0.1, 0.15) is 17.8 Å². The van der Waals surface area contributed by atoms with Crippen molar-refractivity contribution < 1.29 is 17.7 Å². The Morgan fingerprint density at radius 1 is 1.26 bits per heavy atom. The molecule has 3 aromatic rings. The average molecular weight is 444 g/mol. The Labute approximate surface area is 180 Å². The van der Waals surface area contributed by atoms with E-state index in [0.29, 0.717) is 24.3 Å². The van der Waals surface area contributed by atoms with Gasteiger partial charge >= 0.3 is 10.3 Å². The van der Waals surface area contributed by atoms with Gasteiger partial charge in [-0.3, -0.25) is 4.18 Å². The van der Waals surface area contributed by atoms with Crippen LogP contribution in [0.2, 0.25) is 0 Å². The number of fused-ring (bicyclic) bond motifs is 2. The van der Waals surface area contributed by atoms with Crippen molar-refractivity contribution in [2.75, 3.05) is 11.9 Å². The van der Waals surface area contributed by atoms with Crippen molar-refractivity contribution in [3.05, 3.63) is 54.0 Å². The fourth-order valence-electron chi connectivity index (χ4n) is 5.04. The maximum Gasteiger partial charge on any atom is 0.333 e. The summed E-state index contributed by atoms with van der Waals surface area (Å²) in [5.41, 5.74) is 2.27. The van der Waals surface area contributed by atoms with Gasteiger partial charge in [0, 0.05) is 6.20 Å². The van der Waals surface area contributed by atoms with Gasteiger partial charge in [0.2, 0.25) is 0 Å². The van der Waals surface area contributed by atoms with E-state index in [1.165, 1.54) is 17.5 Å². The predicted octanol–water partition coefficient (Wildman–Crippen LogP) is 1.99. The molecular weight excluding hydrogens is 418 g/mol. The van der Waals surface area contributed by atoms with Crippen LogP contribution in [0.4, 0.5) is 5.82 Å². The molecule has 0 saturated heterocycles. The van der Waals surface area contributed by atoms with Crippen molar-refractivity contribution in [3.63, 3.8) is 0 Å². The summed E-state index contributed by atoms with van der Waals surface area (Å²) in [6.07, 6.45) is 6.35. The third-order valence-corrected chi connectivity index (χ3v) is 7.03. The smallest absolute Gasteiger partial charge is 0.333 e. The van der Waals surface area contributed by atoms with Gasteiger partial charge in [-0.25, -0.2) is 15.1 Å². The summed E-state index contributed by atoms with van der Waals surface area (Å²) in [5.74, 6) is 0.709. The van der Waals surface area contributed by atoms with Crippen LogP contribution in [-0.4, -0.2) is 40.8 Å². The van der Waals surface area contributed by atoms with Gasteiger partial charge < -0.3 is 15.0 Å². The molecule has 0 radical (unpaired) electrons. The molecule has 0 unspecified atom stereocenters. The molecule has 4 N–H and O–H groups in total. The second-order valence-corrected chi connectivity index (χ2v) is 9.57. The molecule has 2 aliphatic carbocycles. The summed E-state index contributed by atoms with van der Waals surface area (Å²) in [6, 6.07) is 10.4. The van der Waals surface area contributed by atoms with Crippen molar-refractivity contribution in [2.45, 2.75) is 49.8 Å². The van der Waals surface area contributed by atoms with E-state index in [9.17, 15) is 13.5 Å². The van der Waals surface area contributed by atoms with Crippen LogP contribution in [0.15, 0.2) is 42.9 Å². The van der Waals surface area contributed by atoms with E-state index in [0.717, 1.165) is 24.6 Å². The molecule has 164 valence electrons. The lowest BCUT2D eigenvalue weighted by Crippen LogP contribution is -2.46. The van der Waals surface area contributed by atoms with Crippen molar-refractivity contribution in [1.29, 1.82) is 0 Å². The highest BCUT2D eigenvalue weighted by Crippen LogP contribution is 2.41. The van der Waals surface area contributed by atoms with Crippen LogP contribution in [0.3, 0.4) is 0 Å². The van der Waals surface area contributed by atoms with Crippen LogP contribution in [0.1, 0.15) is 42.9 Å². The molecule has 1 aromatic carbocycles. The van der Waals surface area contributed by atoms with Crippen molar-refractivity contribution >= 4 is 27.2 Å². The van der Waals surface area contributed by atoms with E-state index < -0.39 is 21.9 Å². The number of aromatic nitrogens is 3. The van der Waals surface area contributed by atoms with Crippen LogP contribution in [-0.2, 0) is 26.4 Å². The monoisotopic (exact) mass is 443 g/mol. The number of anilines is 1. The van der Waals surface area contributed by atoms with E-state index in [1.54, 1.807) is 0 Å². The fourth-order valence-corrected chi connectivity index (χ4v) is 5.41. The molecular formula is C21H25N5O4S. The van der Waals surface area contributed by atoms with Gasteiger partial charge in [-0.05, 0) is 49.3 Å². The first kappa shape index (κ1) is 20.4. The van der Waals surface area contributed by atoms with Crippen LogP contribution in [0.5, 0.6) is 0 Å². The SMILES string of the molecule is NS(=O)(=O)OC[C@]1(n2ccc3c(N[C@H]4CCc5ccccc54)ncnc32)CCC[C@H]1O. The minimum atomic E-state index is -4.14. The number of nitrogens with two attached hydrogens (primary N) is 1. The summed E-state index contributed by atoms with van der Waals surface area (Å²) in [7, 11) is -4.14. The van der Waals surface area contributed by atoms with E-state index in [2.05, 4.69) is 33.5 Å². The molecule has 9 nitrogen and oxygen atoms in total. The van der Waals surface area contributed by atoms with Crippen molar-refractivity contribution in [3.8, 4) is 0 Å². The highest BCUT2D eigenvalue weighted by atomic mass is 32.2. The molecule has 10 heteroatoms. The van der Waals surface area contributed by atoms with Crippen LogP contribution < -0.4 is 10.5 Å². The summed E-state index contributed by atoms with van der Waals surface area (Å²) < 4.78 is 29.7. The molecule has 31 heavy (non-hydrogen) atoms.